The smallest absolute Gasteiger partial charge is 0.390 e. The van der Waals surface area contributed by atoms with Gasteiger partial charge in [0.15, 0.2) is 0 Å². The zero-order valence-electron chi connectivity index (χ0n) is 7.02. The van der Waals surface area contributed by atoms with Crippen LogP contribution in [-0.4, -0.2) is 51.0 Å². The van der Waals surface area contributed by atoms with Crippen molar-refractivity contribution in [2.75, 3.05) is 0 Å². The summed E-state index contributed by atoms with van der Waals surface area (Å²) in [4.78, 5) is 0. The molecule has 0 radical (unpaired) electrons. The summed E-state index contributed by atoms with van der Waals surface area (Å²) in [6.45, 7) is 0. The number of halogens is 3. The van der Waals surface area contributed by atoms with E-state index in [4.69, 9.17) is 20.4 Å². The Kier molecular flexibility index (Phi) is 3.05. The minimum atomic E-state index is -4.69. The highest BCUT2D eigenvalue weighted by atomic mass is 19.4. The van der Waals surface area contributed by atoms with E-state index in [2.05, 4.69) is 0 Å². The fourth-order valence-electron chi connectivity index (χ4n) is 1.53. The number of alkyl halides is 3. The van der Waals surface area contributed by atoms with E-state index in [9.17, 15) is 13.2 Å². The molecule has 1 rings (SSSR count). The summed E-state index contributed by atoms with van der Waals surface area (Å²) in [5.74, 6) is -2.20. The Hall–Kier alpha value is -0.370. The summed E-state index contributed by atoms with van der Waals surface area (Å²) in [7, 11) is 0. The van der Waals surface area contributed by atoms with E-state index in [-0.39, 0.29) is 0 Å². The Morgan fingerprint density at radius 3 is 1.79 bits per heavy atom. The van der Waals surface area contributed by atoms with Crippen molar-refractivity contribution in [2.24, 2.45) is 5.92 Å². The Bertz CT molecular complexity index is 208. The molecule has 1 aliphatic rings. The number of rotatable bonds is 0. The van der Waals surface area contributed by atoms with E-state index in [0.29, 0.717) is 0 Å². The van der Waals surface area contributed by atoms with E-state index in [0.717, 1.165) is 0 Å². The quantitative estimate of drug-likeness (QED) is 0.419. The molecule has 0 heterocycles. The summed E-state index contributed by atoms with van der Waals surface area (Å²) in [5, 5.41) is 36.0. The zero-order chi connectivity index (χ0) is 11.1. The van der Waals surface area contributed by atoms with E-state index in [1.54, 1.807) is 0 Å². The van der Waals surface area contributed by atoms with Gasteiger partial charge >= 0.3 is 6.18 Å². The third-order valence-corrected chi connectivity index (χ3v) is 2.42. The van der Waals surface area contributed by atoms with E-state index in [1.165, 1.54) is 0 Å². The van der Waals surface area contributed by atoms with Crippen molar-refractivity contribution in [3.8, 4) is 0 Å². The predicted molar refractivity (Wildman–Crippen MR) is 38.2 cm³/mol. The van der Waals surface area contributed by atoms with Crippen LogP contribution in [0, 0.1) is 5.92 Å². The fourth-order valence-corrected chi connectivity index (χ4v) is 1.53. The van der Waals surface area contributed by atoms with Crippen molar-refractivity contribution < 1.29 is 33.6 Å². The molecule has 0 aromatic heterocycles. The van der Waals surface area contributed by atoms with Crippen molar-refractivity contribution in [3.05, 3.63) is 0 Å². The average Bonchev–Trinajstić information content (AvgIpc) is 2.06. The summed E-state index contributed by atoms with van der Waals surface area (Å²) in [6.07, 6.45) is -13.0. The molecule has 0 aromatic carbocycles. The van der Waals surface area contributed by atoms with Crippen molar-refractivity contribution in [1.29, 1.82) is 0 Å². The van der Waals surface area contributed by atoms with Gasteiger partial charge in [0, 0.05) is 0 Å². The van der Waals surface area contributed by atoms with Crippen LogP contribution in [0.25, 0.3) is 0 Å². The Morgan fingerprint density at radius 1 is 0.857 bits per heavy atom. The van der Waals surface area contributed by atoms with Crippen LogP contribution in [0.4, 0.5) is 13.2 Å². The maximum absolute atomic E-state index is 12.2. The van der Waals surface area contributed by atoms with Crippen LogP contribution in [0.3, 0.4) is 0 Å². The van der Waals surface area contributed by atoms with E-state index >= 15 is 0 Å². The first-order valence-electron chi connectivity index (χ1n) is 4.04. The summed E-state index contributed by atoms with van der Waals surface area (Å²) >= 11 is 0. The number of aliphatic hydroxyl groups is 4. The SMILES string of the molecule is O[C@@H]1[C@H](O)[C@H](C(F)(F)F)C[C@H](O)[C@H]1O. The maximum atomic E-state index is 12.2. The molecular formula is C7H11F3O4. The van der Waals surface area contributed by atoms with Gasteiger partial charge in [-0.2, -0.15) is 13.2 Å². The van der Waals surface area contributed by atoms with Crippen LogP contribution >= 0.6 is 0 Å². The third kappa shape index (κ3) is 2.00. The second kappa shape index (κ2) is 3.65. The van der Waals surface area contributed by atoms with Crippen LogP contribution in [0.15, 0.2) is 0 Å². The van der Waals surface area contributed by atoms with Crippen LogP contribution < -0.4 is 0 Å². The third-order valence-electron chi connectivity index (χ3n) is 2.42. The second-order valence-corrected chi connectivity index (χ2v) is 3.42. The van der Waals surface area contributed by atoms with Gasteiger partial charge in [0.25, 0.3) is 0 Å². The Morgan fingerprint density at radius 2 is 1.36 bits per heavy atom. The lowest BCUT2D eigenvalue weighted by atomic mass is 9.80. The second-order valence-electron chi connectivity index (χ2n) is 3.42. The largest absolute Gasteiger partial charge is 0.394 e. The molecule has 0 amide bonds. The molecule has 0 unspecified atom stereocenters. The molecule has 4 N–H and O–H groups in total. The lowest BCUT2D eigenvalue weighted by Crippen LogP contribution is -2.56. The summed E-state index contributed by atoms with van der Waals surface area (Å²) in [5.41, 5.74) is 0. The molecule has 1 saturated carbocycles. The lowest BCUT2D eigenvalue weighted by molar-refractivity contribution is -0.252. The van der Waals surface area contributed by atoms with Gasteiger partial charge in [-0.25, -0.2) is 0 Å². The van der Waals surface area contributed by atoms with Gasteiger partial charge in [0.05, 0.1) is 18.1 Å². The highest BCUT2D eigenvalue weighted by Gasteiger charge is 2.53. The summed E-state index contributed by atoms with van der Waals surface area (Å²) in [6, 6.07) is 0. The first-order chi connectivity index (χ1) is 6.25. The predicted octanol–water partition coefficient (Wildman–Crippen LogP) is -0.988. The van der Waals surface area contributed by atoms with Gasteiger partial charge in [-0.15, -0.1) is 0 Å². The normalized spacial score (nSPS) is 45.2. The molecule has 0 saturated heterocycles. The first-order valence-corrected chi connectivity index (χ1v) is 4.04. The van der Waals surface area contributed by atoms with E-state index < -0.39 is 42.9 Å². The van der Waals surface area contributed by atoms with Crippen LogP contribution in [0.2, 0.25) is 0 Å². The number of hydrogen-bond acceptors (Lipinski definition) is 4. The van der Waals surface area contributed by atoms with Gasteiger partial charge in [-0.1, -0.05) is 0 Å². The van der Waals surface area contributed by atoms with Crippen molar-refractivity contribution in [3.63, 3.8) is 0 Å². The van der Waals surface area contributed by atoms with Crippen molar-refractivity contribution in [1.82, 2.24) is 0 Å². The average molecular weight is 216 g/mol. The standard InChI is InChI=1S/C7H11F3O4/c8-7(9,10)2-1-3(11)5(13)6(14)4(2)12/h2-6,11-14H,1H2/t2-,3+,4-,5-,6-/m1/s1. The highest BCUT2D eigenvalue weighted by Crippen LogP contribution is 2.38. The van der Waals surface area contributed by atoms with Gasteiger partial charge in [-0.05, 0) is 6.42 Å². The highest BCUT2D eigenvalue weighted by molar-refractivity contribution is 4.94. The monoisotopic (exact) mass is 216 g/mol. The number of aliphatic hydroxyl groups excluding tert-OH is 4. The molecule has 14 heavy (non-hydrogen) atoms. The molecule has 7 heteroatoms. The molecule has 1 aliphatic carbocycles. The topological polar surface area (TPSA) is 80.9 Å². The minimum Gasteiger partial charge on any atom is -0.390 e. The van der Waals surface area contributed by atoms with Crippen molar-refractivity contribution >= 4 is 0 Å². The lowest BCUT2D eigenvalue weighted by Gasteiger charge is -2.38. The molecule has 0 bridgehead atoms. The van der Waals surface area contributed by atoms with Crippen LogP contribution in [0.1, 0.15) is 6.42 Å². The van der Waals surface area contributed by atoms with Gasteiger partial charge < -0.3 is 20.4 Å². The fraction of sp³-hybridized carbons (Fsp3) is 1.00. The molecule has 5 atom stereocenters. The first kappa shape index (κ1) is 11.7. The van der Waals surface area contributed by atoms with Crippen LogP contribution in [0.5, 0.6) is 0 Å². The van der Waals surface area contributed by atoms with Crippen LogP contribution in [-0.2, 0) is 0 Å². The maximum Gasteiger partial charge on any atom is 0.394 e. The molecule has 0 spiro atoms. The number of hydrogen-bond donors (Lipinski definition) is 4. The molecule has 84 valence electrons. The van der Waals surface area contributed by atoms with Gasteiger partial charge in [0.1, 0.15) is 12.2 Å². The molecule has 4 nitrogen and oxygen atoms in total. The Labute approximate surface area is 77.6 Å². The van der Waals surface area contributed by atoms with Crippen molar-refractivity contribution in [2.45, 2.75) is 37.0 Å². The molecule has 0 aromatic rings. The molecule has 0 aliphatic heterocycles. The van der Waals surface area contributed by atoms with E-state index in [1.807, 2.05) is 0 Å². The Balaban J connectivity index is 2.81. The zero-order valence-corrected chi connectivity index (χ0v) is 7.02. The summed E-state index contributed by atoms with van der Waals surface area (Å²) < 4.78 is 36.6. The molecular weight excluding hydrogens is 205 g/mol. The minimum absolute atomic E-state index is 0.803. The van der Waals surface area contributed by atoms with Gasteiger partial charge in [-0.3, -0.25) is 0 Å². The van der Waals surface area contributed by atoms with Gasteiger partial charge in [0.2, 0.25) is 0 Å². The molecule has 1 fully saturated rings.